The van der Waals surface area contributed by atoms with E-state index >= 15 is 0 Å². The predicted molar refractivity (Wildman–Crippen MR) is 84.6 cm³/mol. The van der Waals surface area contributed by atoms with Gasteiger partial charge in [0.2, 0.25) is 16.2 Å². The van der Waals surface area contributed by atoms with Gasteiger partial charge in [0.1, 0.15) is 5.75 Å². The quantitative estimate of drug-likeness (QED) is 0.904. The van der Waals surface area contributed by atoms with Crippen molar-refractivity contribution in [3.05, 3.63) is 24.3 Å². The first-order chi connectivity index (χ1) is 10.7. The Kier molecular flexibility index (Phi) is 4.91. The van der Waals surface area contributed by atoms with Crippen molar-refractivity contribution in [2.75, 3.05) is 25.6 Å². The Labute approximate surface area is 136 Å². The van der Waals surface area contributed by atoms with Crippen molar-refractivity contribution >= 4 is 34.3 Å². The summed E-state index contributed by atoms with van der Waals surface area (Å²) < 4.78 is 14.6. The van der Waals surface area contributed by atoms with Crippen molar-refractivity contribution in [2.24, 2.45) is 5.92 Å². The molecule has 0 unspecified atom stereocenters. The molecule has 0 bridgehead atoms. The molecule has 1 saturated heterocycles. The van der Waals surface area contributed by atoms with Crippen LogP contribution < -0.4 is 10.1 Å². The lowest BCUT2D eigenvalue weighted by Gasteiger charge is -2.05. The average molecular weight is 337 g/mol. The summed E-state index contributed by atoms with van der Waals surface area (Å²) in [5.41, 5.74) is 0. The van der Waals surface area contributed by atoms with Crippen LogP contribution in [0.25, 0.3) is 0 Å². The smallest absolute Gasteiger partial charge is 0.231 e. The molecule has 1 aliphatic heterocycles. The Bertz CT molecular complexity index is 639. The van der Waals surface area contributed by atoms with Crippen molar-refractivity contribution in [1.82, 2.24) is 9.36 Å². The number of rotatable bonds is 5. The normalized spacial score (nSPS) is 17.4. The third kappa shape index (κ3) is 3.76. The fourth-order valence-electron chi connectivity index (χ4n) is 2.00. The Morgan fingerprint density at radius 1 is 1.45 bits per heavy atom. The standard InChI is InChI=1S/C14H15N3O3S2/c1-19-10-2-4-11(5-3-10)21-14-16-13(22-17-14)15-12(18)9-6-7-20-8-9/h2-5,9H,6-8H2,1H3,(H,15,16,17,18)/t9-/m0/s1. The van der Waals surface area contributed by atoms with Crippen LogP contribution in [0.15, 0.2) is 34.3 Å². The highest BCUT2D eigenvalue weighted by Crippen LogP contribution is 2.29. The summed E-state index contributed by atoms with van der Waals surface area (Å²) in [6, 6.07) is 7.66. The van der Waals surface area contributed by atoms with Crippen molar-refractivity contribution in [1.29, 1.82) is 0 Å². The molecule has 1 atom stereocenters. The third-order valence-electron chi connectivity index (χ3n) is 3.21. The van der Waals surface area contributed by atoms with E-state index in [1.165, 1.54) is 23.3 Å². The molecule has 0 aliphatic carbocycles. The zero-order valence-corrected chi connectivity index (χ0v) is 13.6. The van der Waals surface area contributed by atoms with Crippen LogP contribution in [0, 0.1) is 5.92 Å². The highest BCUT2D eigenvalue weighted by Gasteiger charge is 2.24. The van der Waals surface area contributed by atoms with Crippen molar-refractivity contribution < 1.29 is 14.3 Å². The van der Waals surface area contributed by atoms with E-state index < -0.39 is 0 Å². The highest BCUT2D eigenvalue weighted by molar-refractivity contribution is 7.99. The molecule has 22 heavy (non-hydrogen) atoms. The monoisotopic (exact) mass is 337 g/mol. The molecule has 0 saturated carbocycles. The molecule has 1 amide bonds. The molecule has 2 heterocycles. The average Bonchev–Trinajstić information content (AvgIpc) is 3.20. The van der Waals surface area contributed by atoms with Crippen molar-refractivity contribution in [2.45, 2.75) is 16.5 Å². The summed E-state index contributed by atoms with van der Waals surface area (Å²) in [4.78, 5) is 17.3. The number of hydrogen-bond acceptors (Lipinski definition) is 7. The van der Waals surface area contributed by atoms with Gasteiger partial charge in [0, 0.05) is 23.0 Å². The summed E-state index contributed by atoms with van der Waals surface area (Å²) in [5, 5.41) is 3.94. The van der Waals surface area contributed by atoms with Crippen molar-refractivity contribution in [3.63, 3.8) is 0 Å². The van der Waals surface area contributed by atoms with Crippen LogP contribution in [0.3, 0.4) is 0 Å². The minimum atomic E-state index is -0.0819. The van der Waals surface area contributed by atoms with Gasteiger partial charge in [0.05, 0.1) is 19.6 Å². The summed E-state index contributed by atoms with van der Waals surface area (Å²) in [5.74, 6) is 0.679. The summed E-state index contributed by atoms with van der Waals surface area (Å²) in [7, 11) is 1.63. The Balaban J connectivity index is 1.59. The number of hydrogen-bond donors (Lipinski definition) is 1. The molecule has 6 nitrogen and oxygen atoms in total. The minimum absolute atomic E-state index is 0.0466. The maximum absolute atomic E-state index is 12.0. The second-order valence-corrected chi connectivity index (χ2v) is 6.50. The molecular weight excluding hydrogens is 322 g/mol. The molecule has 3 rings (SSSR count). The second kappa shape index (κ2) is 7.08. The Morgan fingerprint density at radius 2 is 2.27 bits per heavy atom. The lowest BCUT2D eigenvalue weighted by molar-refractivity contribution is -0.119. The number of nitrogens with zero attached hydrogens (tertiary/aromatic N) is 2. The number of carbonyl (C=O) groups excluding carboxylic acids is 1. The van der Waals surface area contributed by atoms with Crippen molar-refractivity contribution in [3.8, 4) is 5.75 Å². The molecule has 0 spiro atoms. The first-order valence-corrected chi connectivity index (χ1v) is 8.38. The second-order valence-electron chi connectivity index (χ2n) is 4.71. The largest absolute Gasteiger partial charge is 0.497 e. The van der Waals surface area contributed by atoms with E-state index in [2.05, 4.69) is 14.7 Å². The summed E-state index contributed by atoms with van der Waals surface area (Å²) in [6.45, 7) is 1.13. The molecule has 0 radical (unpaired) electrons. The number of amides is 1. The molecule has 1 fully saturated rings. The molecule has 1 aromatic heterocycles. The van der Waals surface area contributed by atoms with Crippen LogP contribution in [0.1, 0.15) is 6.42 Å². The van der Waals surface area contributed by atoms with E-state index in [0.717, 1.165) is 17.1 Å². The number of anilines is 1. The molecule has 1 aromatic carbocycles. The van der Waals surface area contributed by atoms with Gasteiger partial charge in [0.25, 0.3) is 0 Å². The van der Waals surface area contributed by atoms with Gasteiger partial charge in [-0.15, -0.1) is 0 Å². The van der Waals surface area contributed by atoms with Crippen LogP contribution in [-0.4, -0.2) is 35.6 Å². The molecule has 8 heteroatoms. The van der Waals surface area contributed by atoms with Gasteiger partial charge in [-0.05, 0) is 42.4 Å². The van der Waals surface area contributed by atoms with E-state index in [-0.39, 0.29) is 11.8 Å². The van der Waals surface area contributed by atoms with E-state index in [4.69, 9.17) is 9.47 Å². The van der Waals surface area contributed by atoms with Gasteiger partial charge in [0.15, 0.2) is 0 Å². The number of carbonyl (C=O) groups is 1. The summed E-state index contributed by atoms with van der Waals surface area (Å²) in [6.07, 6.45) is 0.762. The zero-order chi connectivity index (χ0) is 15.4. The van der Waals surface area contributed by atoms with Crippen LogP contribution in [0.2, 0.25) is 0 Å². The number of benzene rings is 1. The van der Waals surface area contributed by atoms with E-state index in [1.807, 2.05) is 24.3 Å². The molecule has 1 aliphatic rings. The Hall–Kier alpha value is -1.64. The van der Waals surface area contributed by atoms with Crippen LogP contribution in [0.5, 0.6) is 5.75 Å². The fourth-order valence-corrected chi connectivity index (χ4v) is 3.42. The molecule has 2 aromatic rings. The van der Waals surface area contributed by atoms with E-state index in [9.17, 15) is 4.79 Å². The number of nitrogens with one attached hydrogen (secondary N) is 1. The lowest BCUT2D eigenvalue weighted by Crippen LogP contribution is -2.22. The number of aromatic nitrogens is 2. The Morgan fingerprint density at radius 3 is 2.95 bits per heavy atom. The van der Waals surface area contributed by atoms with Gasteiger partial charge in [-0.1, -0.05) is 0 Å². The SMILES string of the molecule is COc1ccc(Sc2nsc(NC(=O)[C@H]3CCOC3)n2)cc1. The van der Waals surface area contributed by atoms with Gasteiger partial charge in [-0.25, -0.2) is 0 Å². The molecule has 1 N–H and O–H groups in total. The third-order valence-corrected chi connectivity index (χ3v) is 4.83. The maximum Gasteiger partial charge on any atom is 0.231 e. The van der Waals surface area contributed by atoms with Crippen LogP contribution in [0.4, 0.5) is 5.13 Å². The minimum Gasteiger partial charge on any atom is -0.497 e. The predicted octanol–water partition coefficient (Wildman–Crippen LogP) is 2.67. The van der Waals surface area contributed by atoms with Gasteiger partial charge in [-0.3, -0.25) is 4.79 Å². The number of methoxy groups -OCH3 is 1. The topological polar surface area (TPSA) is 73.3 Å². The molecule has 116 valence electrons. The highest BCUT2D eigenvalue weighted by atomic mass is 32.2. The first kappa shape index (κ1) is 15.3. The van der Waals surface area contributed by atoms with E-state index in [0.29, 0.717) is 23.5 Å². The number of ether oxygens (including phenoxy) is 2. The van der Waals surface area contributed by atoms with Gasteiger partial charge >= 0.3 is 0 Å². The van der Waals surface area contributed by atoms with Crippen LogP contribution >= 0.6 is 23.3 Å². The van der Waals surface area contributed by atoms with E-state index in [1.54, 1.807) is 7.11 Å². The summed E-state index contributed by atoms with van der Waals surface area (Å²) >= 11 is 2.63. The molecular formula is C14H15N3O3S2. The first-order valence-electron chi connectivity index (χ1n) is 6.79. The zero-order valence-electron chi connectivity index (χ0n) is 11.9. The fraction of sp³-hybridized carbons (Fsp3) is 0.357. The van der Waals surface area contributed by atoms with Gasteiger partial charge < -0.3 is 14.8 Å². The van der Waals surface area contributed by atoms with Crippen LogP contribution in [-0.2, 0) is 9.53 Å². The van der Waals surface area contributed by atoms with Gasteiger partial charge in [-0.2, -0.15) is 9.36 Å². The maximum atomic E-state index is 12.0. The lowest BCUT2D eigenvalue weighted by atomic mass is 10.1.